The largest absolute Gasteiger partial charge is 0.356 e. The molecule has 5 nitrogen and oxygen atoms in total. The van der Waals surface area contributed by atoms with E-state index in [4.69, 9.17) is 4.98 Å². The molecule has 1 atom stereocenters. The summed E-state index contributed by atoms with van der Waals surface area (Å²) in [5.41, 5.74) is 2.30. The average Bonchev–Trinajstić information content (AvgIpc) is 2.77. The number of rotatable bonds is 3. The first-order valence-electron chi connectivity index (χ1n) is 10.5. The number of fused-ring (bicyclic) bond motifs is 1. The highest BCUT2D eigenvalue weighted by Gasteiger charge is 2.42. The Morgan fingerprint density at radius 3 is 2.83 bits per heavy atom. The third-order valence-electron chi connectivity index (χ3n) is 6.41. The van der Waals surface area contributed by atoms with E-state index in [0.29, 0.717) is 13.0 Å². The molecule has 0 radical (unpaired) electrons. The van der Waals surface area contributed by atoms with Gasteiger partial charge in [0.25, 0.3) is 0 Å². The minimum absolute atomic E-state index is 0.154. The number of hydrogen-bond acceptors (Lipinski definition) is 4. The summed E-state index contributed by atoms with van der Waals surface area (Å²) < 4.78 is 0. The molecule has 0 N–H and O–H groups in total. The Hall–Kier alpha value is -2.95. The van der Waals surface area contributed by atoms with Gasteiger partial charge in [-0.1, -0.05) is 24.3 Å². The van der Waals surface area contributed by atoms with Crippen LogP contribution in [-0.4, -0.2) is 40.4 Å². The van der Waals surface area contributed by atoms with Gasteiger partial charge in [0, 0.05) is 55.8 Å². The normalized spacial score (nSPS) is 22.4. The molecule has 3 aromatic rings. The zero-order valence-electron chi connectivity index (χ0n) is 16.6. The first kappa shape index (κ1) is 18.1. The fourth-order valence-corrected chi connectivity index (χ4v) is 4.93. The number of nitrogens with zero attached hydrogens (tertiary/aromatic N) is 4. The van der Waals surface area contributed by atoms with Crippen molar-refractivity contribution in [2.24, 2.45) is 5.41 Å². The number of carbonyl (C=O) groups is 1. The van der Waals surface area contributed by atoms with E-state index < -0.39 is 0 Å². The second kappa shape index (κ2) is 7.47. The number of likely N-dealkylation sites (tertiary alicyclic amines) is 1. The Kier molecular flexibility index (Phi) is 4.66. The summed E-state index contributed by atoms with van der Waals surface area (Å²) >= 11 is 0. The smallest absolute Gasteiger partial charge is 0.222 e. The van der Waals surface area contributed by atoms with E-state index in [1.54, 1.807) is 6.20 Å². The minimum atomic E-state index is 0.154. The van der Waals surface area contributed by atoms with Crippen molar-refractivity contribution in [1.29, 1.82) is 0 Å². The number of piperidine rings is 2. The number of carbonyl (C=O) groups excluding carboxylic acids is 1. The number of para-hydroxylation sites is 1. The third-order valence-corrected chi connectivity index (χ3v) is 6.41. The van der Waals surface area contributed by atoms with E-state index in [1.165, 1.54) is 11.8 Å². The molecule has 0 bridgehead atoms. The molecule has 5 heteroatoms. The predicted molar refractivity (Wildman–Crippen MR) is 115 cm³/mol. The molecular formula is C24H26N4O. The third kappa shape index (κ3) is 3.69. The van der Waals surface area contributed by atoms with Gasteiger partial charge in [-0.25, -0.2) is 4.98 Å². The molecule has 2 aliphatic rings. The lowest BCUT2D eigenvalue weighted by molar-refractivity contribution is -0.138. The maximum Gasteiger partial charge on any atom is 0.222 e. The molecule has 1 amide bonds. The van der Waals surface area contributed by atoms with E-state index in [-0.39, 0.29) is 11.3 Å². The first-order chi connectivity index (χ1) is 14.2. The SMILES string of the molecule is O=C1CC[C@@]2(CCCN(c3ccc4ccccc4n3)C2)CN1Cc1cccnc1. The summed E-state index contributed by atoms with van der Waals surface area (Å²) in [6, 6.07) is 16.6. The molecule has 2 saturated heterocycles. The van der Waals surface area contributed by atoms with Crippen molar-refractivity contribution in [1.82, 2.24) is 14.9 Å². The fourth-order valence-electron chi connectivity index (χ4n) is 4.93. The molecule has 2 fully saturated rings. The van der Waals surface area contributed by atoms with Crippen LogP contribution in [0.3, 0.4) is 0 Å². The molecule has 5 rings (SSSR count). The fraction of sp³-hybridized carbons (Fsp3) is 0.375. The summed E-state index contributed by atoms with van der Waals surface area (Å²) in [6.07, 6.45) is 7.56. The monoisotopic (exact) mass is 386 g/mol. The Labute approximate surface area is 171 Å². The number of pyridine rings is 2. The summed E-state index contributed by atoms with van der Waals surface area (Å²) in [5.74, 6) is 1.32. The lowest BCUT2D eigenvalue weighted by Gasteiger charge is -2.48. The molecule has 0 unspecified atom stereocenters. The molecule has 0 saturated carbocycles. The van der Waals surface area contributed by atoms with Crippen LogP contribution in [0, 0.1) is 5.41 Å². The predicted octanol–water partition coefficient (Wildman–Crippen LogP) is 4.04. The standard InChI is InChI=1S/C24H26N4O/c29-23-10-12-24(18-28(23)16-19-5-3-13-25-15-19)11-4-14-27(17-24)22-9-8-20-6-1-2-7-21(20)26-22/h1-3,5-9,13,15H,4,10-12,14,16-18H2/t24-/m1/s1. The van der Waals surface area contributed by atoms with Crippen LogP contribution in [-0.2, 0) is 11.3 Å². The molecule has 29 heavy (non-hydrogen) atoms. The van der Waals surface area contributed by atoms with E-state index in [9.17, 15) is 4.79 Å². The molecule has 2 aliphatic heterocycles. The molecular weight excluding hydrogens is 360 g/mol. The van der Waals surface area contributed by atoms with Crippen LogP contribution in [0.4, 0.5) is 5.82 Å². The Morgan fingerprint density at radius 1 is 1.00 bits per heavy atom. The van der Waals surface area contributed by atoms with Gasteiger partial charge in [-0.3, -0.25) is 9.78 Å². The van der Waals surface area contributed by atoms with Gasteiger partial charge in [0.05, 0.1) is 5.52 Å². The zero-order chi connectivity index (χ0) is 19.7. The van der Waals surface area contributed by atoms with Crippen molar-refractivity contribution < 1.29 is 4.79 Å². The highest BCUT2D eigenvalue weighted by molar-refractivity contribution is 5.80. The maximum absolute atomic E-state index is 12.6. The van der Waals surface area contributed by atoms with Gasteiger partial charge in [-0.15, -0.1) is 0 Å². The second-order valence-corrected chi connectivity index (χ2v) is 8.50. The number of aromatic nitrogens is 2. The average molecular weight is 386 g/mol. The van der Waals surface area contributed by atoms with Crippen molar-refractivity contribution in [2.75, 3.05) is 24.5 Å². The number of anilines is 1. The molecule has 4 heterocycles. The number of hydrogen-bond donors (Lipinski definition) is 0. The molecule has 1 aromatic carbocycles. The summed E-state index contributed by atoms with van der Waals surface area (Å²) in [7, 11) is 0. The highest BCUT2D eigenvalue weighted by Crippen LogP contribution is 2.40. The van der Waals surface area contributed by atoms with Gasteiger partial charge in [-0.05, 0) is 49.1 Å². The van der Waals surface area contributed by atoms with Crippen LogP contribution in [0.15, 0.2) is 60.9 Å². The number of amides is 1. The molecule has 0 aliphatic carbocycles. The highest BCUT2D eigenvalue weighted by atomic mass is 16.2. The minimum Gasteiger partial charge on any atom is -0.356 e. The lowest BCUT2D eigenvalue weighted by atomic mass is 9.73. The quantitative estimate of drug-likeness (QED) is 0.682. The van der Waals surface area contributed by atoms with Crippen LogP contribution in [0.2, 0.25) is 0 Å². The Balaban J connectivity index is 1.36. The van der Waals surface area contributed by atoms with Gasteiger partial charge >= 0.3 is 0 Å². The van der Waals surface area contributed by atoms with Crippen molar-refractivity contribution >= 4 is 22.6 Å². The van der Waals surface area contributed by atoms with Crippen molar-refractivity contribution in [3.63, 3.8) is 0 Å². The molecule has 2 aromatic heterocycles. The van der Waals surface area contributed by atoms with E-state index in [2.05, 4.69) is 40.2 Å². The molecule has 148 valence electrons. The van der Waals surface area contributed by atoms with Gasteiger partial charge in [-0.2, -0.15) is 0 Å². The van der Waals surface area contributed by atoms with Crippen LogP contribution < -0.4 is 4.90 Å². The van der Waals surface area contributed by atoms with E-state index in [0.717, 1.165) is 49.4 Å². The van der Waals surface area contributed by atoms with Crippen molar-refractivity contribution in [2.45, 2.75) is 32.2 Å². The van der Waals surface area contributed by atoms with Gasteiger partial charge < -0.3 is 9.80 Å². The second-order valence-electron chi connectivity index (χ2n) is 8.50. The van der Waals surface area contributed by atoms with Crippen LogP contribution in [0.25, 0.3) is 10.9 Å². The lowest BCUT2D eigenvalue weighted by Crippen LogP contribution is -2.54. The van der Waals surface area contributed by atoms with Crippen LogP contribution in [0.5, 0.6) is 0 Å². The van der Waals surface area contributed by atoms with Crippen molar-refractivity contribution in [3.05, 3.63) is 66.5 Å². The Bertz CT molecular complexity index is 1020. The summed E-state index contributed by atoms with van der Waals surface area (Å²) in [5, 5.41) is 1.17. The summed E-state index contributed by atoms with van der Waals surface area (Å²) in [6.45, 7) is 3.48. The molecule has 1 spiro atoms. The number of benzene rings is 1. The van der Waals surface area contributed by atoms with Crippen LogP contribution >= 0.6 is 0 Å². The summed E-state index contributed by atoms with van der Waals surface area (Å²) in [4.78, 5) is 26.2. The van der Waals surface area contributed by atoms with E-state index >= 15 is 0 Å². The Morgan fingerprint density at radius 2 is 1.93 bits per heavy atom. The van der Waals surface area contributed by atoms with Gasteiger partial charge in [0.15, 0.2) is 0 Å². The van der Waals surface area contributed by atoms with E-state index in [1.807, 2.05) is 29.3 Å². The maximum atomic E-state index is 12.6. The van der Waals surface area contributed by atoms with Gasteiger partial charge in [0.1, 0.15) is 5.82 Å². The van der Waals surface area contributed by atoms with Crippen LogP contribution in [0.1, 0.15) is 31.2 Å². The zero-order valence-corrected chi connectivity index (χ0v) is 16.6. The topological polar surface area (TPSA) is 49.3 Å². The first-order valence-corrected chi connectivity index (χ1v) is 10.5. The van der Waals surface area contributed by atoms with Gasteiger partial charge in [0.2, 0.25) is 5.91 Å². The van der Waals surface area contributed by atoms with Crippen molar-refractivity contribution in [3.8, 4) is 0 Å².